The zero-order valence-electron chi connectivity index (χ0n) is 11.0. The highest BCUT2D eigenvalue weighted by Crippen LogP contribution is 2.13. The molecule has 0 aliphatic carbocycles. The molecule has 1 aliphatic heterocycles. The third kappa shape index (κ3) is 3.42. The highest BCUT2D eigenvalue weighted by Gasteiger charge is 2.25. The molecule has 104 valence electrons. The van der Waals surface area contributed by atoms with Crippen molar-refractivity contribution in [2.45, 2.75) is 13.0 Å². The SMILES string of the molecule is COC(C)C(=O)N1CCN(c2ncc(Br)cn2)CC1. The average molecular weight is 329 g/mol. The molecule has 0 aromatic carbocycles. The Balaban J connectivity index is 1.92. The maximum absolute atomic E-state index is 12.0. The highest BCUT2D eigenvalue weighted by atomic mass is 79.9. The Morgan fingerprint density at radius 2 is 1.89 bits per heavy atom. The second kappa shape index (κ2) is 6.29. The molecule has 0 bridgehead atoms. The van der Waals surface area contributed by atoms with Crippen molar-refractivity contribution in [3.8, 4) is 0 Å². The van der Waals surface area contributed by atoms with Gasteiger partial charge in [0.1, 0.15) is 6.10 Å². The molecule has 0 radical (unpaired) electrons. The third-order valence-electron chi connectivity index (χ3n) is 3.18. The van der Waals surface area contributed by atoms with Gasteiger partial charge in [0.2, 0.25) is 5.95 Å². The fourth-order valence-corrected chi connectivity index (χ4v) is 2.16. The van der Waals surface area contributed by atoms with Crippen LogP contribution >= 0.6 is 15.9 Å². The third-order valence-corrected chi connectivity index (χ3v) is 3.59. The van der Waals surface area contributed by atoms with Crippen LogP contribution in [0, 0.1) is 0 Å². The van der Waals surface area contributed by atoms with Gasteiger partial charge in [-0.1, -0.05) is 0 Å². The van der Waals surface area contributed by atoms with Gasteiger partial charge in [0.15, 0.2) is 0 Å². The van der Waals surface area contributed by atoms with Gasteiger partial charge in [-0.05, 0) is 22.9 Å². The molecule has 1 aromatic rings. The summed E-state index contributed by atoms with van der Waals surface area (Å²) in [6.45, 7) is 4.60. The van der Waals surface area contributed by atoms with Gasteiger partial charge in [-0.25, -0.2) is 9.97 Å². The smallest absolute Gasteiger partial charge is 0.251 e. The first kappa shape index (κ1) is 14.2. The van der Waals surface area contributed by atoms with E-state index < -0.39 is 0 Å². The van der Waals surface area contributed by atoms with E-state index in [1.807, 2.05) is 4.90 Å². The summed E-state index contributed by atoms with van der Waals surface area (Å²) >= 11 is 3.31. The fourth-order valence-electron chi connectivity index (χ4n) is 1.95. The van der Waals surface area contributed by atoms with Crippen molar-refractivity contribution >= 4 is 27.8 Å². The molecule has 2 heterocycles. The minimum Gasteiger partial charge on any atom is -0.372 e. The van der Waals surface area contributed by atoms with Gasteiger partial charge in [0.05, 0.1) is 4.47 Å². The number of carbonyl (C=O) groups excluding carboxylic acids is 1. The lowest BCUT2D eigenvalue weighted by molar-refractivity contribution is -0.141. The minimum absolute atomic E-state index is 0.0406. The van der Waals surface area contributed by atoms with Crippen LogP contribution in [0.25, 0.3) is 0 Å². The molecule has 1 aliphatic rings. The Hall–Kier alpha value is -1.21. The van der Waals surface area contributed by atoms with E-state index in [9.17, 15) is 4.79 Å². The van der Waals surface area contributed by atoms with Gasteiger partial charge in [-0.15, -0.1) is 0 Å². The predicted octanol–water partition coefficient (Wildman–Crippen LogP) is 0.923. The van der Waals surface area contributed by atoms with E-state index in [1.54, 1.807) is 26.4 Å². The van der Waals surface area contributed by atoms with Crippen molar-refractivity contribution in [3.05, 3.63) is 16.9 Å². The lowest BCUT2D eigenvalue weighted by Gasteiger charge is -2.35. The van der Waals surface area contributed by atoms with Crippen molar-refractivity contribution in [1.82, 2.24) is 14.9 Å². The van der Waals surface area contributed by atoms with Gasteiger partial charge in [-0.2, -0.15) is 0 Å². The number of aromatic nitrogens is 2. The van der Waals surface area contributed by atoms with Crippen molar-refractivity contribution in [1.29, 1.82) is 0 Å². The molecule has 0 spiro atoms. The summed E-state index contributed by atoms with van der Waals surface area (Å²) < 4.78 is 5.92. The number of ether oxygens (including phenoxy) is 1. The summed E-state index contributed by atoms with van der Waals surface area (Å²) in [6, 6.07) is 0. The first-order valence-corrected chi connectivity index (χ1v) is 6.95. The topological polar surface area (TPSA) is 58.6 Å². The molecule has 19 heavy (non-hydrogen) atoms. The van der Waals surface area contributed by atoms with Crippen LogP contribution in [0.2, 0.25) is 0 Å². The van der Waals surface area contributed by atoms with Crippen LogP contribution in [0.3, 0.4) is 0 Å². The van der Waals surface area contributed by atoms with Gasteiger partial charge in [0, 0.05) is 45.7 Å². The number of piperazine rings is 1. The van der Waals surface area contributed by atoms with E-state index >= 15 is 0 Å². The Bertz CT molecular complexity index is 432. The number of hydrogen-bond acceptors (Lipinski definition) is 5. The Labute approximate surface area is 120 Å². The Morgan fingerprint density at radius 3 is 2.42 bits per heavy atom. The van der Waals surface area contributed by atoms with Crippen molar-refractivity contribution < 1.29 is 9.53 Å². The van der Waals surface area contributed by atoms with Gasteiger partial charge in [0.25, 0.3) is 5.91 Å². The number of nitrogens with zero attached hydrogens (tertiary/aromatic N) is 4. The quantitative estimate of drug-likeness (QED) is 0.825. The largest absolute Gasteiger partial charge is 0.372 e. The Kier molecular flexibility index (Phi) is 4.71. The number of carbonyl (C=O) groups is 1. The summed E-state index contributed by atoms with van der Waals surface area (Å²) in [6.07, 6.45) is 3.08. The van der Waals surface area contributed by atoms with Crippen LogP contribution in [-0.2, 0) is 9.53 Å². The number of hydrogen-bond donors (Lipinski definition) is 0. The van der Waals surface area contributed by atoms with Crippen LogP contribution in [0.15, 0.2) is 16.9 Å². The zero-order valence-corrected chi connectivity index (χ0v) is 12.6. The maximum atomic E-state index is 12.0. The number of anilines is 1. The molecular weight excluding hydrogens is 312 g/mol. The van der Waals surface area contributed by atoms with E-state index in [-0.39, 0.29) is 12.0 Å². The zero-order chi connectivity index (χ0) is 13.8. The average Bonchev–Trinajstić information content (AvgIpc) is 2.46. The highest BCUT2D eigenvalue weighted by molar-refractivity contribution is 9.10. The summed E-state index contributed by atoms with van der Waals surface area (Å²) in [5, 5.41) is 0. The van der Waals surface area contributed by atoms with E-state index in [1.165, 1.54) is 0 Å². The number of rotatable bonds is 3. The van der Waals surface area contributed by atoms with E-state index in [4.69, 9.17) is 4.74 Å². The molecule has 1 fully saturated rings. The normalized spacial score (nSPS) is 17.4. The molecule has 7 heteroatoms. The minimum atomic E-state index is -0.379. The molecule has 1 saturated heterocycles. The lowest BCUT2D eigenvalue weighted by Crippen LogP contribution is -2.51. The van der Waals surface area contributed by atoms with Crippen LogP contribution in [0.5, 0.6) is 0 Å². The van der Waals surface area contributed by atoms with Crippen LogP contribution in [0.4, 0.5) is 5.95 Å². The molecule has 1 aromatic heterocycles. The number of amides is 1. The van der Waals surface area contributed by atoms with Gasteiger partial charge in [-0.3, -0.25) is 4.79 Å². The van der Waals surface area contributed by atoms with E-state index in [0.29, 0.717) is 19.0 Å². The van der Waals surface area contributed by atoms with E-state index in [0.717, 1.165) is 17.6 Å². The second-order valence-corrected chi connectivity index (χ2v) is 5.31. The first-order valence-electron chi connectivity index (χ1n) is 6.16. The summed E-state index contributed by atoms with van der Waals surface area (Å²) in [5.41, 5.74) is 0. The van der Waals surface area contributed by atoms with Crippen molar-refractivity contribution in [2.75, 3.05) is 38.2 Å². The van der Waals surface area contributed by atoms with Gasteiger partial charge < -0.3 is 14.5 Å². The standard InChI is InChI=1S/C12H17BrN4O2/c1-9(19-2)11(18)16-3-5-17(6-4-16)12-14-7-10(13)8-15-12/h7-9H,3-6H2,1-2H3. The summed E-state index contributed by atoms with van der Waals surface area (Å²) in [5.74, 6) is 0.744. The summed E-state index contributed by atoms with van der Waals surface area (Å²) in [7, 11) is 1.55. The van der Waals surface area contributed by atoms with Crippen molar-refractivity contribution in [2.24, 2.45) is 0 Å². The number of halogens is 1. The predicted molar refractivity (Wildman–Crippen MR) is 75.0 cm³/mol. The lowest BCUT2D eigenvalue weighted by atomic mass is 10.2. The molecule has 6 nitrogen and oxygen atoms in total. The molecule has 1 unspecified atom stereocenters. The molecular formula is C12H17BrN4O2. The molecule has 0 N–H and O–H groups in total. The molecule has 1 amide bonds. The van der Waals surface area contributed by atoms with Crippen molar-refractivity contribution in [3.63, 3.8) is 0 Å². The number of methoxy groups -OCH3 is 1. The van der Waals surface area contributed by atoms with Crippen LogP contribution in [0.1, 0.15) is 6.92 Å². The van der Waals surface area contributed by atoms with Gasteiger partial charge >= 0.3 is 0 Å². The fraction of sp³-hybridized carbons (Fsp3) is 0.583. The Morgan fingerprint density at radius 1 is 1.32 bits per heavy atom. The maximum Gasteiger partial charge on any atom is 0.251 e. The monoisotopic (exact) mass is 328 g/mol. The molecule has 2 rings (SSSR count). The summed E-state index contributed by atoms with van der Waals surface area (Å²) in [4.78, 5) is 24.4. The molecule has 1 atom stereocenters. The van der Waals surface area contributed by atoms with Crippen LogP contribution < -0.4 is 4.90 Å². The second-order valence-electron chi connectivity index (χ2n) is 4.39. The van der Waals surface area contributed by atoms with E-state index in [2.05, 4.69) is 30.8 Å². The molecule has 0 saturated carbocycles. The first-order chi connectivity index (χ1) is 9.11. The van der Waals surface area contributed by atoms with Crippen LogP contribution in [-0.4, -0.2) is 60.2 Å².